The highest BCUT2D eigenvalue weighted by Gasteiger charge is 2.62. The molecule has 2 amide bonds. The number of hydrogen-bond acceptors (Lipinski definition) is 5. The molecule has 4 N–H and O–H groups in total. The SMILES string of the molecule is CCOC1CC(N)(C(=O)NCCNC(=O)c2ccc(OC)cc2)C1(C)C. The van der Waals surface area contributed by atoms with Crippen molar-refractivity contribution in [2.24, 2.45) is 11.1 Å². The molecule has 2 atom stereocenters. The first-order valence-corrected chi connectivity index (χ1v) is 8.87. The fourth-order valence-corrected chi connectivity index (χ4v) is 3.17. The predicted octanol–water partition coefficient (Wildman–Crippen LogP) is 1.07. The molecule has 0 heterocycles. The average Bonchev–Trinajstić information content (AvgIpc) is 2.64. The molecule has 0 saturated heterocycles. The Balaban J connectivity index is 1.77. The number of methoxy groups -OCH3 is 1. The van der Waals surface area contributed by atoms with Crippen molar-refractivity contribution in [2.75, 3.05) is 26.8 Å². The summed E-state index contributed by atoms with van der Waals surface area (Å²) in [6.07, 6.45) is 0.482. The highest BCUT2D eigenvalue weighted by Crippen LogP contribution is 2.49. The minimum atomic E-state index is -0.952. The van der Waals surface area contributed by atoms with E-state index in [0.717, 1.165) is 0 Å². The van der Waals surface area contributed by atoms with Gasteiger partial charge in [0.1, 0.15) is 11.3 Å². The van der Waals surface area contributed by atoms with Crippen LogP contribution in [-0.4, -0.2) is 50.3 Å². The third-order valence-corrected chi connectivity index (χ3v) is 5.28. The van der Waals surface area contributed by atoms with Crippen LogP contribution in [0.3, 0.4) is 0 Å². The Morgan fingerprint density at radius 1 is 1.19 bits per heavy atom. The number of nitrogens with two attached hydrogens (primary N) is 1. The minimum Gasteiger partial charge on any atom is -0.497 e. The van der Waals surface area contributed by atoms with E-state index in [1.54, 1.807) is 31.4 Å². The third-order valence-electron chi connectivity index (χ3n) is 5.28. The van der Waals surface area contributed by atoms with E-state index < -0.39 is 11.0 Å². The zero-order chi connectivity index (χ0) is 19.4. The van der Waals surface area contributed by atoms with Crippen molar-refractivity contribution in [3.05, 3.63) is 29.8 Å². The van der Waals surface area contributed by atoms with E-state index in [9.17, 15) is 9.59 Å². The molecule has 0 spiro atoms. The molecular formula is C19H29N3O4. The van der Waals surface area contributed by atoms with Crippen LogP contribution in [0.1, 0.15) is 37.6 Å². The Bertz CT molecular complexity index is 645. The van der Waals surface area contributed by atoms with Crippen LogP contribution < -0.4 is 21.1 Å². The second kappa shape index (κ2) is 8.05. The summed E-state index contributed by atoms with van der Waals surface area (Å²) in [4.78, 5) is 24.5. The first-order chi connectivity index (χ1) is 12.3. The van der Waals surface area contributed by atoms with Gasteiger partial charge in [0, 0.05) is 37.1 Å². The van der Waals surface area contributed by atoms with Gasteiger partial charge in [-0.05, 0) is 31.2 Å². The molecule has 0 aromatic heterocycles. The topological polar surface area (TPSA) is 103 Å². The quantitative estimate of drug-likeness (QED) is 0.600. The molecule has 2 rings (SSSR count). The van der Waals surface area contributed by atoms with Gasteiger partial charge in [-0.1, -0.05) is 13.8 Å². The van der Waals surface area contributed by atoms with E-state index in [-0.39, 0.29) is 17.9 Å². The smallest absolute Gasteiger partial charge is 0.251 e. The first kappa shape index (κ1) is 20.2. The lowest BCUT2D eigenvalue weighted by Crippen LogP contribution is -2.75. The van der Waals surface area contributed by atoms with Crippen LogP contribution >= 0.6 is 0 Å². The molecule has 26 heavy (non-hydrogen) atoms. The Kier molecular flexibility index (Phi) is 6.26. The summed E-state index contributed by atoms with van der Waals surface area (Å²) in [6.45, 7) is 7.06. The van der Waals surface area contributed by atoms with Gasteiger partial charge in [0.2, 0.25) is 5.91 Å². The van der Waals surface area contributed by atoms with Gasteiger partial charge in [0.25, 0.3) is 5.91 Å². The van der Waals surface area contributed by atoms with Gasteiger partial charge < -0.3 is 25.8 Å². The molecule has 1 fully saturated rings. The molecule has 144 valence electrons. The lowest BCUT2D eigenvalue weighted by molar-refractivity contribution is -0.170. The number of ether oxygens (including phenoxy) is 2. The summed E-state index contributed by atoms with van der Waals surface area (Å²) in [7, 11) is 1.57. The number of carbonyl (C=O) groups excluding carboxylic acids is 2. The second-order valence-electron chi connectivity index (χ2n) is 7.08. The third kappa shape index (κ3) is 3.83. The molecule has 2 unspecified atom stereocenters. The van der Waals surface area contributed by atoms with Gasteiger partial charge in [-0.2, -0.15) is 0 Å². The molecule has 1 aliphatic rings. The van der Waals surface area contributed by atoms with Crippen LogP contribution in [0.2, 0.25) is 0 Å². The number of carbonyl (C=O) groups is 2. The molecule has 7 nitrogen and oxygen atoms in total. The van der Waals surface area contributed by atoms with Gasteiger partial charge in [-0.3, -0.25) is 9.59 Å². The molecule has 1 saturated carbocycles. The monoisotopic (exact) mass is 363 g/mol. The van der Waals surface area contributed by atoms with Crippen molar-refractivity contribution in [3.8, 4) is 5.75 Å². The molecule has 7 heteroatoms. The van der Waals surface area contributed by atoms with Gasteiger partial charge in [-0.15, -0.1) is 0 Å². The summed E-state index contributed by atoms with van der Waals surface area (Å²) in [6, 6.07) is 6.82. The van der Waals surface area contributed by atoms with Crippen molar-refractivity contribution >= 4 is 11.8 Å². The van der Waals surface area contributed by atoms with Gasteiger partial charge >= 0.3 is 0 Å². The van der Waals surface area contributed by atoms with Crippen LogP contribution in [-0.2, 0) is 9.53 Å². The fourth-order valence-electron chi connectivity index (χ4n) is 3.17. The van der Waals surface area contributed by atoms with Crippen molar-refractivity contribution < 1.29 is 19.1 Å². The second-order valence-corrected chi connectivity index (χ2v) is 7.08. The maximum absolute atomic E-state index is 12.5. The lowest BCUT2D eigenvalue weighted by atomic mass is 9.54. The van der Waals surface area contributed by atoms with Crippen molar-refractivity contribution in [1.29, 1.82) is 0 Å². The molecule has 0 aliphatic heterocycles. The van der Waals surface area contributed by atoms with E-state index >= 15 is 0 Å². The van der Waals surface area contributed by atoms with E-state index in [2.05, 4.69) is 10.6 Å². The number of nitrogens with one attached hydrogen (secondary N) is 2. The van der Waals surface area contributed by atoms with Crippen LogP contribution in [0.15, 0.2) is 24.3 Å². The highest BCUT2D eigenvalue weighted by atomic mass is 16.5. The summed E-state index contributed by atoms with van der Waals surface area (Å²) in [5.41, 5.74) is 5.47. The number of benzene rings is 1. The number of hydrogen-bond donors (Lipinski definition) is 3. The zero-order valence-electron chi connectivity index (χ0n) is 15.9. The highest BCUT2D eigenvalue weighted by molar-refractivity contribution is 5.94. The van der Waals surface area contributed by atoms with E-state index in [0.29, 0.717) is 37.4 Å². The van der Waals surface area contributed by atoms with E-state index in [1.165, 1.54) is 0 Å². The van der Waals surface area contributed by atoms with Gasteiger partial charge in [0.15, 0.2) is 0 Å². The summed E-state index contributed by atoms with van der Waals surface area (Å²) in [5, 5.41) is 5.58. The summed E-state index contributed by atoms with van der Waals surface area (Å²) in [5.74, 6) is 0.275. The molecular weight excluding hydrogens is 334 g/mol. The fraction of sp³-hybridized carbons (Fsp3) is 0.579. The van der Waals surface area contributed by atoms with Gasteiger partial charge in [0.05, 0.1) is 13.2 Å². The number of rotatable bonds is 8. The Labute approximate surface area is 154 Å². The van der Waals surface area contributed by atoms with Crippen LogP contribution in [0.4, 0.5) is 0 Å². The van der Waals surface area contributed by atoms with Crippen LogP contribution in [0.5, 0.6) is 5.75 Å². The maximum Gasteiger partial charge on any atom is 0.251 e. The van der Waals surface area contributed by atoms with Crippen molar-refractivity contribution in [1.82, 2.24) is 10.6 Å². The minimum absolute atomic E-state index is 0.0157. The Hall–Kier alpha value is -2.12. The largest absolute Gasteiger partial charge is 0.497 e. The molecule has 1 aliphatic carbocycles. The molecule has 1 aromatic rings. The van der Waals surface area contributed by atoms with Crippen LogP contribution in [0.25, 0.3) is 0 Å². The predicted molar refractivity (Wildman–Crippen MR) is 99.1 cm³/mol. The summed E-state index contributed by atoms with van der Waals surface area (Å²) >= 11 is 0. The van der Waals surface area contributed by atoms with Gasteiger partial charge in [-0.25, -0.2) is 0 Å². The molecule has 0 radical (unpaired) electrons. The average molecular weight is 363 g/mol. The van der Waals surface area contributed by atoms with Crippen molar-refractivity contribution in [2.45, 2.75) is 38.8 Å². The standard InChI is InChI=1S/C19H29N3O4/c1-5-26-15-12-19(20,18(15,2)3)17(24)22-11-10-21-16(23)13-6-8-14(25-4)9-7-13/h6-9,15H,5,10-12,20H2,1-4H3,(H,21,23)(H,22,24). The zero-order valence-corrected chi connectivity index (χ0v) is 15.9. The Morgan fingerprint density at radius 2 is 1.81 bits per heavy atom. The number of amides is 2. The van der Waals surface area contributed by atoms with E-state index in [4.69, 9.17) is 15.2 Å². The normalized spacial score (nSPS) is 23.7. The maximum atomic E-state index is 12.5. The molecule has 1 aromatic carbocycles. The lowest BCUT2D eigenvalue weighted by Gasteiger charge is -2.57. The van der Waals surface area contributed by atoms with E-state index in [1.807, 2.05) is 20.8 Å². The first-order valence-electron chi connectivity index (χ1n) is 8.87. The van der Waals surface area contributed by atoms with Crippen LogP contribution in [0, 0.1) is 5.41 Å². The summed E-state index contributed by atoms with van der Waals surface area (Å²) < 4.78 is 10.7. The molecule has 0 bridgehead atoms. The van der Waals surface area contributed by atoms with Crippen molar-refractivity contribution in [3.63, 3.8) is 0 Å². The Morgan fingerprint density at radius 3 is 2.35 bits per heavy atom.